The normalized spacial score (nSPS) is 23.9. The predicted molar refractivity (Wildman–Crippen MR) is 79.9 cm³/mol. The molecule has 1 fully saturated rings. The smallest absolute Gasteiger partial charge is 0.381 e. The summed E-state index contributed by atoms with van der Waals surface area (Å²) in [6, 6.07) is 2.88. The average Bonchev–Trinajstić information content (AvgIpc) is 2.87. The number of nitrogens with zero attached hydrogens (tertiary/aromatic N) is 1. The zero-order chi connectivity index (χ0) is 14.8. The number of hydrogen-bond donors (Lipinski definition) is 1. The Bertz CT molecular complexity index is 441. The van der Waals surface area contributed by atoms with E-state index in [0.29, 0.717) is 13.1 Å². The van der Waals surface area contributed by atoms with E-state index in [1.165, 1.54) is 0 Å². The first-order valence-corrected chi connectivity index (χ1v) is 7.38. The third-order valence-electron chi connectivity index (χ3n) is 3.70. The number of methoxy groups -OCH3 is 1. The maximum Gasteiger partial charge on any atom is 0.425 e. The lowest BCUT2D eigenvalue weighted by molar-refractivity contribution is -0.134. The molecule has 3 nitrogen and oxygen atoms in total. The van der Waals surface area contributed by atoms with E-state index in [2.05, 4.69) is 4.90 Å². The molecule has 0 aliphatic carbocycles. The quantitative estimate of drug-likeness (QED) is 0.912. The van der Waals surface area contributed by atoms with Crippen LogP contribution in [0.15, 0.2) is 12.1 Å². The molecule has 2 rings (SSSR count). The first-order valence-electron chi connectivity index (χ1n) is 6.57. The molecule has 0 amide bonds. The fourth-order valence-electron chi connectivity index (χ4n) is 2.55. The Hall–Kier alpha value is -0.340. The van der Waals surface area contributed by atoms with Gasteiger partial charge < -0.3 is 10.5 Å². The third kappa shape index (κ3) is 4.82. The number of ether oxygens (including phenoxy) is 1. The molecule has 0 radical (unpaired) electrons. The Morgan fingerprint density at radius 2 is 2.14 bits per heavy atom. The number of alkyl halides is 3. The molecular weight excluding hydrogens is 325 g/mol. The number of thiophene rings is 1. The standard InChI is InChI=1S/C13H19F3N2OS.ClH/c1-19-10-4-5-18(9(6-10)7-17)8-11-2-3-12(20-11)13(14,15)16;/h2-3,9-10H,4-8,17H2,1H3;1H. The highest BCUT2D eigenvalue weighted by Crippen LogP contribution is 2.35. The van der Waals surface area contributed by atoms with Crippen molar-refractivity contribution in [3.63, 3.8) is 0 Å². The zero-order valence-electron chi connectivity index (χ0n) is 11.7. The van der Waals surface area contributed by atoms with Gasteiger partial charge in [-0.3, -0.25) is 4.90 Å². The summed E-state index contributed by atoms with van der Waals surface area (Å²) in [5.74, 6) is 0. The molecule has 1 aromatic rings. The molecule has 1 aromatic heterocycles. The van der Waals surface area contributed by atoms with Crippen LogP contribution < -0.4 is 5.73 Å². The minimum absolute atomic E-state index is 0. The van der Waals surface area contributed by atoms with Crippen molar-refractivity contribution in [2.24, 2.45) is 5.73 Å². The van der Waals surface area contributed by atoms with E-state index in [1.54, 1.807) is 13.2 Å². The van der Waals surface area contributed by atoms with Crippen LogP contribution in [0.25, 0.3) is 0 Å². The second-order valence-electron chi connectivity index (χ2n) is 5.01. The number of nitrogens with two attached hydrogens (primary N) is 1. The van der Waals surface area contributed by atoms with Crippen LogP contribution in [0.3, 0.4) is 0 Å². The van der Waals surface area contributed by atoms with Gasteiger partial charge >= 0.3 is 6.18 Å². The van der Waals surface area contributed by atoms with Gasteiger partial charge in [0.15, 0.2) is 0 Å². The number of likely N-dealkylation sites (tertiary alicyclic amines) is 1. The lowest BCUT2D eigenvalue weighted by atomic mass is 9.99. The van der Waals surface area contributed by atoms with E-state index in [0.717, 1.165) is 41.7 Å². The average molecular weight is 345 g/mol. The van der Waals surface area contributed by atoms with Crippen molar-refractivity contribution in [1.29, 1.82) is 0 Å². The maximum absolute atomic E-state index is 12.6. The highest BCUT2D eigenvalue weighted by molar-refractivity contribution is 7.12. The molecule has 2 heterocycles. The molecule has 0 saturated carbocycles. The van der Waals surface area contributed by atoms with Gasteiger partial charge in [0.1, 0.15) is 4.88 Å². The summed E-state index contributed by atoms with van der Waals surface area (Å²) in [5.41, 5.74) is 5.76. The molecule has 122 valence electrons. The van der Waals surface area contributed by atoms with E-state index in [-0.39, 0.29) is 24.6 Å². The van der Waals surface area contributed by atoms with E-state index in [1.807, 2.05) is 0 Å². The minimum atomic E-state index is -4.25. The van der Waals surface area contributed by atoms with Gasteiger partial charge in [0, 0.05) is 37.7 Å². The van der Waals surface area contributed by atoms with Gasteiger partial charge in [-0.1, -0.05) is 0 Å². The van der Waals surface area contributed by atoms with Gasteiger partial charge in [-0.05, 0) is 25.0 Å². The van der Waals surface area contributed by atoms with E-state index < -0.39 is 11.1 Å². The SMILES string of the molecule is COC1CCN(Cc2ccc(C(F)(F)F)s2)C(CN)C1.Cl. The monoisotopic (exact) mass is 344 g/mol. The Balaban J connectivity index is 0.00000220. The van der Waals surface area contributed by atoms with E-state index in [9.17, 15) is 13.2 Å². The largest absolute Gasteiger partial charge is 0.425 e. The Morgan fingerprint density at radius 3 is 2.67 bits per heavy atom. The summed E-state index contributed by atoms with van der Waals surface area (Å²) in [6.45, 7) is 1.83. The van der Waals surface area contributed by atoms with Gasteiger partial charge in [0.05, 0.1) is 6.10 Å². The molecule has 1 saturated heterocycles. The second-order valence-corrected chi connectivity index (χ2v) is 6.17. The lowest BCUT2D eigenvalue weighted by Gasteiger charge is -2.38. The molecule has 1 aliphatic rings. The van der Waals surface area contributed by atoms with Crippen LogP contribution in [0.5, 0.6) is 0 Å². The van der Waals surface area contributed by atoms with Gasteiger partial charge in [-0.2, -0.15) is 13.2 Å². The Kier molecular flexibility index (Phi) is 6.93. The maximum atomic E-state index is 12.6. The summed E-state index contributed by atoms with van der Waals surface area (Å²) in [4.78, 5) is 2.34. The zero-order valence-corrected chi connectivity index (χ0v) is 13.4. The van der Waals surface area contributed by atoms with Crippen LogP contribution >= 0.6 is 23.7 Å². The molecule has 0 aromatic carbocycles. The van der Waals surface area contributed by atoms with Crippen LogP contribution in [0.2, 0.25) is 0 Å². The molecular formula is C13H20ClF3N2OS. The van der Waals surface area contributed by atoms with Crippen LogP contribution in [0.1, 0.15) is 22.6 Å². The number of piperidine rings is 1. The highest BCUT2D eigenvalue weighted by Gasteiger charge is 2.33. The molecule has 1 aliphatic heterocycles. The summed E-state index contributed by atoms with van der Waals surface area (Å²) in [7, 11) is 1.68. The first-order chi connectivity index (χ1) is 9.44. The van der Waals surface area contributed by atoms with Crippen LogP contribution in [-0.4, -0.2) is 37.2 Å². The van der Waals surface area contributed by atoms with Crippen molar-refractivity contribution in [3.8, 4) is 0 Å². The number of rotatable bonds is 4. The molecule has 2 unspecified atom stereocenters. The second kappa shape index (κ2) is 7.78. The van der Waals surface area contributed by atoms with Gasteiger partial charge in [0.25, 0.3) is 0 Å². The van der Waals surface area contributed by atoms with Gasteiger partial charge in [-0.25, -0.2) is 0 Å². The van der Waals surface area contributed by atoms with Gasteiger partial charge in [0.2, 0.25) is 0 Å². The predicted octanol–water partition coefficient (Wildman–Crippen LogP) is 3.13. The lowest BCUT2D eigenvalue weighted by Crippen LogP contribution is -2.47. The molecule has 21 heavy (non-hydrogen) atoms. The first kappa shape index (κ1) is 18.7. The minimum Gasteiger partial charge on any atom is -0.381 e. The topological polar surface area (TPSA) is 38.5 Å². The van der Waals surface area contributed by atoms with E-state index >= 15 is 0 Å². The Morgan fingerprint density at radius 1 is 1.43 bits per heavy atom. The fourth-order valence-corrected chi connectivity index (χ4v) is 3.45. The molecule has 2 atom stereocenters. The molecule has 0 spiro atoms. The summed E-state index contributed by atoms with van der Waals surface area (Å²) in [6.07, 6.45) is -2.32. The number of hydrogen-bond acceptors (Lipinski definition) is 4. The summed E-state index contributed by atoms with van der Waals surface area (Å²) < 4.78 is 43.1. The van der Waals surface area contributed by atoms with Crippen molar-refractivity contribution in [2.45, 2.75) is 37.7 Å². The van der Waals surface area contributed by atoms with Crippen LogP contribution in [0, 0.1) is 0 Å². The summed E-state index contributed by atoms with van der Waals surface area (Å²) in [5, 5.41) is 0. The Labute approximate surface area is 132 Å². The van der Waals surface area contributed by atoms with Crippen molar-refractivity contribution in [1.82, 2.24) is 4.90 Å². The molecule has 2 N–H and O–H groups in total. The molecule has 8 heteroatoms. The van der Waals surface area contributed by atoms with Gasteiger partial charge in [-0.15, -0.1) is 23.7 Å². The van der Waals surface area contributed by atoms with Crippen molar-refractivity contribution >= 4 is 23.7 Å². The number of halogens is 4. The highest BCUT2D eigenvalue weighted by atomic mass is 35.5. The fraction of sp³-hybridized carbons (Fsp3) is 0.692. The van der Waals surface area contributed by atoms with Crippen molar-refractivity contribution in [3.05, 3.63) is 21.9 Å². The third-order valence-corrected chi connectivity index (χ3v) is 4.81. The van der Waals surface area contributed by atoms with Crippen molar-refractivity contribution < 1.29 is 17.9 Å². The molecule has 0 bridgehead atoms. The van der Waals surface area contributed by atoms with E-state index in [4.69, 9.17) is 10.5 Å². The van der Waals surface area contributed by atoms with Crippen molar-refractivity contribution in [2.75, 3.05) is 20.2 Å². The van der Waals surface area contributed by atoms with Crippen LogP contribution in [0.4, 0.5) is 13.2 Å². The van der Waals surface area contributed by atoms with Crippen LogP contribution in [-0.2, 0) is 17.5 Å². The summed E-state index contributed by atoms with van der Waals surface area (Å²) >= 11 is 0.814.